The highest BCUT2D eigenvalue weighted by Crippen LogP contribution is 2.21. The summed E-state index contributed by atoms with van der Waals surface area (Å²) in [5.74, 6) is 0. The fourth-order valence-electron chi connectivity index (χ4n) is 2.15. The number of hydrogen-bond acceptors (Lipinski definition) is 6. The molecule has 2 unspecified atom stereocenters. The lowest BCUT2D eigenvalue weighted by Gasteiger charge is -2.28. The van der Waals surface area contributed by atoms with Crippen LogP contribution in [0.15, 0.2) is 0 Å². The van der Waals surface area contributed by atoms with Gasteiger partial charge in [-0.05, 0) is 26.4 Å². The Hall–Kier alpha value is -0.0231. The quantitative estimate of drug-likeness (QED) is 0.292. The Morgan fingerprint density at radius 2 is 1.48 bits per heavy atom. The molecule has 0 aromatic carbocycles. The normalized spacial score (nSPS) is 25.9. The van der Waals surface area contributed by atoms with Crippen molar-refractivity contribution in [2.45, 2.75) is 51.4 Å². The van der Waals surface area contributed by atoms with E-state index in [0.29, 0.717) is 26.4 Å². The van der Waals surface area contributed by atoms with Crippen LogP contribution in [0.5, 0.6) is 0 Å². The zero-order valence-electron chi connectivity index (χ0n) is 13.3. The topological polar surface area (TPSA) is 62.0 Å². The third kappa shape index (κ3) is 7.18. The lowest BCUT2D eigenvalue weighted by atomic mass is 10.4. The molecule has 0 bridgehead atoms. The summed E-state index contributed by atoms with van der Waals surface area (Å²) in [5, 5.41) is 0. The van der Waals surface area contributed by atoms with Gasteiger partial charge < -0.3 is 27.8 Å². The average Bonchev–Trinajstić information content (AvgIpc) is 3.33. The van der Waals surface area contributed by atoms with Gasteiger partial charge in [0.2, 0.25) is 0 Å². The molecule has 0 saturated carbocycles. The molecule has 2 heterocycles. The van der Waals surface area contributed by atoms with Crippen LogP contribution in [0.1, 0.15) is 20.3 Å². The van der Waals surface area contributed by atoms with Crippen LogP contribution in [0.4, 0.5) is 0 Å². The first-order valence-electron chi connectivity index (χ1n) is 7.89. The van der Waals surface area contributed by atoms with Crippen molar-refractivity contribution in [1.82, 2.24) is 0 Å². The van der Waals surface area contributed by atoms with Crippen LogP contribution in [-0.2, 0) is 27.8 Å². The van der Waals surface area contributed by atoms with Gasteiger partial charge in [0.25, 0.3) is 0 Å². The van der Waals surface area contributed by atoms with E-state index in [4.69, 9.17) is 27.8 Å². The highest BCUT2D eigenvalue weighted by Gasteiger charge is 2.33. The fourth-order valence-corrected chi connectivity index (χ4v) is 4.50. The lowest BCUT2D eigenvalue weighted by Crippen LogP contribution is -2.40. The zero-order valence-corrected chi connectivity index (χ0v) is 14.3. The van der Waals surface area contributed by atoms with Gasteiger partial charge in [0.15, 0.2) is 6.29 Å². The van der Waals surface area contributed by atoms with Gasteiger partial charge in [-0.15, -0.1) is 0 Å². The van der Waals surface area contributed by atoms with Gasteiger partial charge in [0, 0.05) is 19.6 Å². The first-order valence-corrected chi connectivity index (χ1v) is 10.4. The molecule has 7 heteroatoms. The van der Waals surface area contributed by atoms with E-state index in [1.807, 2.05) is 13.8 Å². The van der Waals surface area contributed by atoms with E-state index in [9.17, 15) is 0 Å². The molecule has 0 amide bonds. The Labute approximate surface area is 128 Å². The molecule has 0 aliphatic carbocycles. The predicted molar refractivity (Wildman–Crippen MR) is 79.5 cm³/mol. The van der Waals surface area contributed by atoms with Crippen LogP contribution in [-0.4, -0.2) is 66.7 Å². The maximum atomic E-state index is 5.85. The smallest absolute Gasteiger partial charge is 0.335 e. The van der Waals surface area contributed by atoms with Crippen molar-refractivity contribution in [3.05, 3.63) is 0 Å². The van der Waals surface area contributed by atoms with Gasteiger partial charge in [-0.3, -0.25) is 0 Å². The van der Waals surface area contributed by atoms with Crippen molar-refractivity contribution in [3.63, 3.8) is 0 Å². The van der Waals surface area contributed by atoms with Gasteiger partial charge in [-0.2, -0.15) is 0 Å². The summed E-state index contributed by atoms with van der Waals surface area (Å²) in [6.45, 7) is 10.3. The van der Waals surface area contributed by atoms with Gasteiger partial charge in [0.05, 0.1) is 26.4 Å². The Morgan fingerprint density at radius 3 is 1.86 bits per heavy atom. The summed E-state index contributed by atoms with van der Waals surface area (Å²) in [7, 11) is -2.12. The maximum Gasteiger partial charge on any atom is 0.335 e. The molecule has 0 spiro atoms. The third-order valence-corrected chi connectivity index (χ3v) is 6.47. The highest BCUT2D eigenvalue weighted by molar-refractivity contribution is 6.66. The number of rotatable bonds is 13. The molecule has 2 fully saturated rings. The van der Waals surface area contributed by atoms with Crippen LogP contribution < -0.4 is 0 Å². The summed E-state index contributed by atoms with van der Waals surface area (Å²) >= 11 is 0. The van der Waals surface area contributed by atoms with Crippen molar-refractivity contribution in [2.75, 3.05) is 39.6 Å². The molecule has 124 valence electrons. The van der Waals surface area contributed by atoms with E-state index in [1.54, 1.807) is 0 Å². The van der Waals surface area contributed by atoms with Crippen molar-refractivity contribution < 1.29 is 27.8 Å². The summed E-state index contributed by atoms with van der Waals surface area (Å²) in [6.07, 6.45) is 1.04. The molecular formula is C14H28O6Si. The maximum absolute atomic E-state index is 5.85. The van der Waals surface area contributed by atoms with Gasteiger partial charge in [-0.25, -0.2) is 0 Å². The Bertz CT molecular complexity index is 273. The Morgan fingerprint density at radius 1 is 1.00 bits per heavy atom. The predicted octanol–water partition coefficient (Wildman–Crippen LogP) is 1.68. The number of ether oxygens (including phenoxy) is 4. The van der Waals surface area contributed by atoms with Crippen molar-refractivity contribution in [2.24, 2.45) is 0 Å². The van der Waals surface area contributed by atoms with Crippen molar-refractivity contribution >= 4 is 8.56 Å². The van der Waals surface area contributed by atoms with Crippen LogP contribution in [0.25, 0.3) is 0 Å². The average molecular weight is 320 g/mol. The molecule has 2 aliphatic heterocycles. The second-order valence-corrected chi connectivity index (χ2v) is 8.89. The van der Waals surface area contributed by atoms with Crippen molar-refractivity contribution in [1.29, 1.82) is 0 Å². The molecule has 0 aromatic rings. The minimum atomic E-state index is -2.12. The summed E-state index contributed by atoms with van der Waals surface area (Å²) in [4.78, 5) is 0. The fraction of sp³-hybridized carbons (Fsp3) is 1.00. The summed E-state index contributed by atoms with van der Waals surface area (Å²) < 4.78 is 33.7. The van der Waals surface area contributed by atoms with Crippen molar-refractivity contribution in [3.8, 4) is 0 Å². The summed E-state index contributed by atoms with van der Waals surface area (Å²) in [6, 6.07) is 0.858. The second kappa shape index (κ2) is 8.57. The van der Waals surface area contributed by atoms with Crippen LogP contribution in [0.2, 0.25) is 12.6 Å². The van der Waals surface area contributed by atoms with Gasteiger partial charge >= 0.3 is 8.56 Å². The van der Waals surface area contributed by atoms with Crippen LogP contribution >= 0.6 is 0 Å². The van der Waals surface area contributed by atoms with E-state index in [0.717, 1.165) is 25.7 Å². The lowest BCUT2D eigenvalue weighted by molar-refractivity contribution is -0.149. The third-order valence-electron chi connectivity index (χ3n) is 3.47. The molecule has 2 aliphatic rings. The zero-order chi connectivity index (χ0) is 15.1. The molecule has 0 N–H and O–H groups in total. The Kier molecular flexibility index (Phi) is 7.07. The minimum absolute atomic E-state index is 0.230. The molecule has 2 atom stereocenters. The second-order valence-electron chi connectivity index (χ2n) is 5.55. The SMILES string of the molecule is CCO[Si](C)(CCC(OCC1CO1)OCC1CO1)OCC. The molecule has 21 heavy (non-hydrogen) atoms. The van der Waals surface area contributed by atoms with E-state index in [2.05, 4.69) is 6.55 Å². The molecular weight excluding hydrogens is 292 g/mol. The van der Waals surface area contributed by atoms with Crippen LogP contribution in [0, 0.1) is 0 Å². The molecule has 2 rings (SSSR count). The summed E-state index contributed by atoms with van der Waals surface area (Å²) in [5.41, 5.74) is 0. The van der Waals surface area contributed by atoms with Crippen LogP contribution in [0.3, 0.4) is 0 Å². The molecule has 0 aromatic heterocycles. The number of epoxide rings is 2. The largest absolute Gasteiger partial charge is 0.395 e. The van der Waals surface area contributed by atoms with Gasteiger partial charge in [-0.1, -0.05) is 0 Å². The first-order chi connectivity index (χ1) is 10.1. The molecule has 0 radical (unpaired) electrons. The first kappa shape index (κ1) is 17.3. The minimum Gasteiger partial charge on any atom is -0.395 e. The standard InChI is InChI=1S/C14H28O6Si/c1-4-19-21(3,20-5-2)7-6-14(17-10-12-8-15-12)18-11-13-9-16-13/h12-14H,4-11H2,1-3H3. The molecule has 2 saturated heterocycles. The number of hydrogen-bond donors (Lipinski definition) is 0. The van der Waals surface area contributed by atoms with E-state index < -0.39 is 8.56 Å². The monoisotopic (exact) mass is 320 g/mol. The van der Waals surface area contributed by atoms with E-state index in [1.165, 1.54) is 0 Å². The Balaban J connectivity index is 1.73. The van der Waals surface area contributed by atoms with E-state index in [-0.39, 0.29) is 18.5 Å². The molecule has 6 nitrogen and oxygen atoms in total. The van der Waals surface area contributed by atoms with Gasteiger partial charge in [0.1, 0.15) is 12.2 Å². The highest BCUT2D eigenvalue weighted by atomic mass is 28.4. The van der Waals surface area contributed by atoms with E-state index >= 15 is 0 Å².